The third-order valence-electron chi connectivity index (χ3n) is 2.56. The number of carbonyl (C=O) groups excluding carboxylic acids is 1. The lowest BCUT2D eigenvalue weighted by molar-refractivity contribution is -0.126. The van der Waals surface area contributed by atoms with Gasteiger partial charge in [-0.3, -0.25) is 4.79 Å². The van der Waals surface area contributed by atoms with Crippen molar-refractivity contribution in [2.24, 2.45) is 5.92 Å². The zero-order chi connectivity index (χ0) is 9.84. The molecule has 1 amide bonds. The molecular formula is C10H15NO2. The molecule has 0 bridgehead atoms. The Hall–Kier alpha value is -1.01. The Kier molecular flexibility index (Phi) is 3.32. The molecule has 2 unspecified atom stereocenters. The minimum Gasteiger partial charge on any atom is -0.394 e. The van der Waals surface area contributed by atoms with Crippen LogP contribution in [0.5, 0.6) is 0 Å². The monoisotopic (exact) mass is 181 g/mol. The van der Waals surface area contributed by atoms with Crippen LogP contribution in [0.15, 0.2) is 0 Å². The van der Waals surface area contributed by atoms with Crippen LogP contribution in [0.1, 0.15) is 20.3 Å². The summed E-state index contributed by atoms with van der Waals surface area (Å²) < 4.78 is 0. The van der Waals surface area contributed by atoms with Crippen molar-refractivity contribution in [1.82, 2.24) is 4.90 Å². The van der Waals surface area contributed by atoms with E-state index in [1.54, 1.807) is 11.8 Å². The van der Waals surface area contributed by atoms with Crippen LogP contribution in [0.4, 0.5) is 0 Å². The molecule has 1 aliphatic rings. The molecule has 1 fully saturated rings. The fourth-order valence-corrected chi connectivity index (χ4v) is 1.72. The molecule has 2 atom stereocenters. The number of carbonyl (C=O) groups is 1. The number of nitrogens with zero attached hydrogens (tertiary/aromatic N) is 1. The van der Waals surface area contributed by atoms with Crippen LogP contribution < -0.4 is 0 Å². The van der Waals surface area contributed by atoms with Gasteiger partial charge in [-0.05, 0) is 25.2 Å². The molecule has 0 aromatic carbocycles. The zero-order valence-corrected chi connectivity index (χ0v) is 8.08. The molecule has 1 aliphatic heterocycles. The summed E-state index contributed by atoms with van der Waals surface area (Å²) in [5.41, 5.74) is 0. The molecule has 1 saturated heterocycles. The Balaban J connectivity index is 2.68. The average molecular weight is 181 g/mol. The highest BCUT2D eigenvalue weighted by molar-refractivity contribution is 5.93. The summed E-state index contributed by atoms with van der Waals surface area (Å²) in [6.07, 6.45) is 0.961. The molecule has 3 heteroatoms. The number of hydrogen-bond donors (Lipinski definition) is 1. The van der Waals surface area contributed by atoms with Crippen molar-refractivity contribution in [2.45, 2.75) is 26.3 Å². The van der Waals surface area contributed by atoms with Gasteiger partial charge in [-0.15, -0.1) is 0 Å². The highest BCUT2D eigenvalue weighted by atomic mass is 16.3. The van der Waals surface area contributed by atoms with E-state index in [1.807, 2.05) is 6.92 Å². The third-order valence-corrected chi connectivity index (χ3v) is 2.56. The standard InChI is InChI=1S/C10H15NO2/c1-3-4-10(13)11-6-5-8(2)9(11)7-12/h8-9,12H,5-7H2,1-2H3. The number of amides is 1. The van der Waals surface area contributed by atoms with E-state index >= 15 is 0 Å². The van der Waals surface area contributed by atoms with E-state index in [-0.39, 0.29) is 18.6 Å². The molecule has 3 nitrogen and oxygen atoms in total. The fraction of sp³-hybridized carbons (Fsp3) is 0.700. The van der Waals surface area contributed by atoms with Crippen molar-refractivity contribution in [3.05, 3.63) is 0 Å². The number of aliphatic hydroxyl groups is 1. The van der Waals surface area contributed by atoms with Crippen molar-refractivity contribution in [1.29, 1.82) is 0 Å². The average Bonchev–Trinajstić information content (AvgIpc) is 2.47. The summed E-state index contributed by atoms with van der Waals surface area (Å²) in [6, 6.07) is -0.0339. The Bertz CT molecular complexity index is 251. The van der Waals surface area contributed by atoms with Crippen LogP contribution in [-0.4, -0.2) is 35.1 Å². The second kappa shape index (κ2) is 4.29. The fourth-order valence-electron chi connectivity index (χ4n) is 1.72. The van der Waals surface area contributed by atoms with E-state index in [2.05, 4.69) is 11.8 Å². The maximum absolute atomic E-state index is 11.4. The maximum Gasteiger partial charge on any atom is 0.298 e. The minimum atomic E-state index is -0.161. The molecule has 0 aliphatic carbocycles. The Labute approximate surface area is 78.7 Å². The molecule has 72 valence electrons. The maximum atomic E-state index is 11.4. The van der Waals surface area contributed by atoms with Gasteiger partial charge in [0, 0.05) is 6.54 Å². The van der Waals surface area contributed by atoms with E-state index in [0.717, 1.165) is 13.0 Å². The summed E-state index contributed by atoms with van der Waals surface area (Å²) in [6.45, 7) is 4.46. The molecule has 0 aromatic heterocycles. The molecule has 0 radical (unpaired) electrons. The van der Waals surface area contributed by atoms with Crippen molar-refractivity contribution in [2.75, 3.05) is 13.2 Å². The van der Waals surface area contributed by atoms with Gasteiger partial charge in [0.05, 0.1) is 12.6 Å². The van der Waals surface area contributed by atoms with Crippen LogP contribution in [0.25, 0.3) is 0 Å². The largest absolute Gasteiger partial charge is 0.394 e. The van der Waals surface area contributed by atoms with Crippen molar-refractivity contribution in [3.63, 3.8) is 0 Å². The smallest absolute Gasteiger partial charge is 0.298 e. The summed E-state index contributed by atoms with van der Waals surface area (Å²) in [5, 5.41) is 9.08. The quantitative estimate of drug-likeness (QED) is 0.589. The molecule has 0 saturated carbocycles. The molecule has 1 heterocycles. The summed E-state index contributed by atoms with van der Waals surface area (Å²) in [7, 11) is 0. The number of rotatable bonds is 1. The van der Waals surface area contributed by atoms with E-state index < -0.39 is 0 Å². The number of aliphatic hydroxyl groups excluding tert-OH is 1. The number of likely N-dealkylation sites (tertiary alicyclic amines) is 1. The van der Waals surface area contributed by atoms with Crippen molar-refractivity contribution >= 4 is 5.91 Å². The van der Waals surface area contributed by atoms with Gasteiger partial charge >= 0.3 is 0 Å². The lowest BCUT2D eigenvalue weighted by Crippen LogP contribution is -2.39. The summed E-state index contributed by atoms with van der Waals surface area (Å²) >= 11 is 0. The van der Waals surface area contributed by atoms with E-state index in [1.165, 1.54) is 0 Å². The van der Waals surface area contributed by atoms with Crippen LogP contribution in [-0.2, 0) is 4.79 Å². The highest BCUT2D eigenvalue weighted by Crippen LogP contribution is 2.23. The first kappa shape index (κ1) is 10.1. The lowest BCUT2D eigenvalue weighted by Gasteiger charge is -2.22. The highest BCUT2D eigenvalue weighted by Gasteiger charge is 2.32. The van der Waals surface area contributed by atoms with Crippen molar-refractivity contribution < 1.29 is 9.90 Å². The van der Waals surface area contributed by atoms with E-state index in [9.17, 15) is 4.79 Å². The van der Waals surface area contributed by atoms with Gasteiger partial charge in [-0.25, -0.2) is 0 Å². The van der Waals surface area contributed by atoms with E-state index in [0.29, 0.717) is 5.92 Å². The first-order valence-electron chi connectivity index (χ1n) is 4.55. The molecular weight excluding hydrogens is 166 g/mol. The Morgan fingerprint density at radius 3 is 2.92 bits per heavy atom. The normalized spacial score (nSPS) is 26.8. The lowest BCUT2D eigenvalue weighted by atomic mass is 10.0. The number of hydrogen-bond acceptors (Lipinski definition) is 2. The van der Waals surface area contributed by atoms with Gasteiger partial charge in [-0.2, -0.15) is 0 Å². The van der Waals surface area contributed by atoms with Crippen LogP contribution in [0.2, 0.25) is 0 Å². The third kappa shape index (κ3) is 2.02. The SMILES string of the molecule is CC#CC(=O)N1CCC(C)C1CO. The van der Waals surface area contributed by atoms with E-state index in [4.69, 9.17) is 5.11 Å². The predicted octanol–water partition coefficient (Wildman–Crippen LogP) is 0.239. The van der Waals surface area contributed by atoms with Gasteiger partial charge < -0.3 is 10.0 Å². The zero-order valence-electron chi connectivity index (χ0n) is 8.08. The van der Waals surface area contributed by atoms with Crippen LogP contribution in [0.3, 0.4) is 0 Å². The van der Waals surface area contributed by atoms with Gasteiger partial charge in [-0.1, -0.05) is 12.8 Å². The minimum absolute atomic E-state index is 0.0339. The first-order chi connectivity index (χ1) is 6.20. The summed E-state index contributed by atoms with van der Waals surface area (Å²) in [4.78, 5) is 13.1. The van der Waals surface area contributed by atoms with Crippen LogP contribution >= 0.6 is 0 Å². The second-order valence-corrected chi connectivity index (χ2v) is 3.39. The first-order valence-corrected chi connectivity index (χ1v) is 4.55. The topological polar surface area (TPSA) is 40.5 Å². The summed E-state index contributed by atoms with van der Waals surface area (Å²) in [5.74, 6) is 5.30. The molecule has 1 N–H and O–H groups in total. The molecule has 0 spiro atoms. The van der Waals surface area contributed by atoms with Gasteiger partial charge in [0.15, 0.2) is 0 Å². The Morgan fingerprint density at radius 2 is 2.38 bits per heavy atom. The molecule has 13 heavy (non-hydrogen) atoms. The van der Waals surface area contributed by atoms with Gasteiger partial charge in [0.1, 0.15) is 0 Å². The van der Waals surface area contributed by atoms with Gasteiger partial charge in [0.25, 0.3) is 5.91 Å². The predicted molar refractivity (Wildman–Crippen MR) is 49.8 cm³/mol. The molecule has 1 rings (SSSR count). The Morgan fingerprint density at radius 1 is 1.69 bits per heavy atom. The van der Waals surface area contributed by atoms with Gasteiger partial charge in [0.2, 0.25) is 0 Å². The second-order valence-electron chi connectivity index (χ2n) is 3.39. The van der Waals surface area contributed by atoms with Crippen molar-refractivity contribution in [3.8, 4) is 11.8 Å². The molecule has 0 aromatic rings. The van der Waals surface area contributed by atoms with Crippen LogP contribution in [0, 0.1) is 17.8 Å².